The molecule has 9 nitrogen and oxygen atoms in total. The van der Waals surface area contributed by atoms with E-state index in [-0.39, 0.29) is 25.5 Å². The minimum absolute atomic E-state index is 0.0520. The molecule has 2 N–H and O–H groups in total. The molecule has 1 unspecified atom stereocenters. The molecule has 0 fully saturated rings. The summed E-state index contributed by atoms with van der Waals surface area (Å²) in [6, 6.07) is 5.91. The normalized spacial score (nSPS) is 12.5. The summed E-state index contributed by atoms with van der Waals surface area (Å²) >= 11 is 6.26. The molecule has 1 amide bonds. The van der Waals surface area contributed by atoms with Gasteiger partial charge in [0.05, 0.1) is 17.5 Å². The maximum absolute atomic E-state index is 13.0. The number of aromatic amines is 1. The molecule has 0 aliphatic heterocycles. The lowest BCUT2D eigenvalue weighted by molar-refractivity contribution is -0.145. The lowest BCUT2D eigenvalue weighted by Gasteiger charge is -2.21. The number of rotatable bonds is 14. The molecule has 3 aromatic rings. The molecule has 0 radical (unpaired) electrons. The third-order valence-corrected chi connectivity index (χ3v) is 6.90. The van der Waals surface area contributed by atoms with Crippen LogP contribution >= 0.6 is 11.6 Å². The van der Waals surface area contributed by atoms with E-state index in [9.17, 15) is 9.59 Å². The van der Waals surface area contributed by atoms with Gasteiger partial charge in [0.1, 0.15) is 17.4 Å². The van der Waals surface area contributed by atoms with Crippen molar-refractivity contribution in [2.45, 2.75) is 91.6 Å². The van der Waals surface area contributed by atoms with Gasteiger partial charge in [-0.05, 0) is 59.1 Å². The molecule has 3 rings (SSSR count). The van der Waals surface area contributed by atoms with Gasteiger partial charge in [0.15, 0.2) is 17.6 Å². The summed E-state index contributed by atoms with van der Waals surface area (Å²) in [5.74, 6) is 0.584. The van der Waals surface area contributed by atoms with E-state index in [2.05, 4.69) is 27.4 Å². The largest absolute Gasteiger partial charge is 0.480 e. The van der Waals surface area contributed by atoms with Gasteiger partial charge >= 0.3 is 5.97 Å². The quantitative estimate of drug-likeness (QED) is 0.208. The lowest BCUT2D eigenvalue weighted by Crippen LogP contribution is -2.39. The second kappa shape index (κ2) is 13.1. The predicted molar refractivity (Wildman–Crippen MR) is 148 cm³/mol. The van der Waals surface area contributed by atoms with Crippen LogP contribution in [0, 0.1) is 20.8 Å². The molecule has 208 valence electrons. The first-order valence-corrected chi connectivity index (χ1v) is 13.7. The minimum atomic E-state index is -0.619. The number of carbonyl (C=O) groups excluding carboxylic acids is 2. The van der Waals surface area contributed by atoms with Crippen molar-refractivity contribution in [3.8, 4) is 5.75 Å². The highest BCUT2D eigenvalue weighted by Gasteiger charge is 2.29. The summed E-state index contributed by atoms with van der Waals surface area (Å²) in [4.78, 5) is 29.9. The summed E-state index contributed by atoms with van der Waals surface area (Å²) in [6.07, 6.45) is 4.24. The van der Waals surface area contributed by atoms with Crippen molar-refractivity contribution < 1.29 is 19.1 Å². The molecule has 2 aromatic heterocycles. The molecule has 1 aromatic carbocycles. The average Bonchev–Trinajstić information content (AvgIpc) is 3.40. The van der Waals surface area contributed by atoms with Crippen molar-refractivity contribution in [1.82, 2.24) is 25.1 Å². The number of H-pyrrole nitrogens is 1. The first kappa shape index (κ1) is 29.5. The van der Waals surface area contributed by atoms with E-state index < -0.39 is 17.5 Å². The highest BCUT2D eigenvalue weighted by atomic mass is 35.5. The van der Waals surface area contributed by atoms with Crippen molar-refractivity contribution in [2.75, 3.05) is 13.2 Å². The van der Waals surface area contributed by atoms with Crippen molar-refractivity contribution in [2.24, 2.45) is 0 Å². The fourth-order valence-corrected chi connectivity index (χ4v) is 4.24. The van der Waals surface area contributed by atoms with Crippen molar-refractivity contribution in [3.05, 3.63) is 45.9 Å². The van der Waals surface area contributed by atoms with Crippen LogP contribution in [-0.2, 0) is 19.7 Å². The summed E-state index contributed by atoms with van der Waals surface area (Å²) in [5, 5.41) is 10.8. The molecule has 0 spiro atoms. The molecule has 38 heavy (non-hydrogen) atoms. The number of carbonyl (C=O) groups is 2. The molecule has 10 heteroatoms. The Kier molecular flexibility index (Phi) is 10.2. The van der Waals surface area contributed by atoms with Gasteiger partial charge in [-0.15, -0.1) is 5.10 Å². The zero-order chi connectivity index (χ0) is 27.9. The number of amides is 1. The van der Waals surface area contributed by atoms with Gasteiger partial charge in [-0.1, -0.05) is 55.5 Å². The number of aromatic nitrogens is 4. The van der Waals surface area contributed by atoms with Gasteiger partial charge in [0, 0.05) is 6.54 Å². The fourth-order valence-electron chi connectivity index (χ4n) is 4.08. The number of unbranched alkanes of at least 4 members (excludes halogenated alkanes) is 3. The Bertz CT molecular complexity index is 1250. The highest BCUT2D eigenvalue weighted by Crippen LogP contribution is 2.25. The lowest BCUT2D eigenvalue weighted by atomic mass is 9.94. The Morgan fingerprint density at radius 3 is 2.63 bits per heavy atom. The van der Waals surface area contributed by atoms with Crippen LogP contribution in [0.3, 0.4) is 0 Å². The number of aryl methyl sites for hydroxylation is 3. The maximum Gasteiger partial charge on any atom is 0.307 e. The van der Waals surface area contributed by atoms with Crippen LogP contribution in [0.25, 0.3) is 5.65 Å². The molecular weight excluding hydrogens is 506 g/mol. The monoisotopic (exact) mass is 545 g/mol. The van der Waals surface area contributed by atoms with E-state index >= 15 is 0 Å². The van der Waals surface area contributed by atoms with Gasteiger partial charge in [-0.2, -0.15) is 4.63 Å². The Labute approximate surface area is 229 Å². The number of halogens is 1. The number of nitrogens with one attached hydrogen (secondary N) is 2. The number of hydrogen-bond acceptors (Lipinski definition) is 6. The zero-order valence-electron chi connectivity index (χ0n) is 23.3. The second-order valence-electron chi connectivity index (χ2n) is 10.5. The van der Waals surface area contributed by atoms with Crippen molar-refractivity contribution >= 4 is 29.1 Å². The van der Waals surface area contributed by atoms with Crippen LogP contribution < -0.4 is 10.1 Å². The molecule has 0 aliphatic carbocycles. The number of ether oxygens (including phenoxy) is 2. The van der Waals surface area contributed by atoms with E-state index in [4.69, 9.17) is 21.1 Å². The second-order valence-corrected chi connectivity index (χ2v) is 10.9. The molecule has 0 aliphatic rings. The Balaban J connectivity index is 1.50. The minimum Gasteiger partial charge on any atom is -0.480 e. The summed E-state index contributed by atoms with van der Waals surface area (Å²) in [7, 11) is 0. The van der Waals surface area contributed by atoms with Crippen LogP contribution in [0.4, 0.5) is 0 Å². The number of fused-ring (bicyclic) bond motifs is 1. The van der Waals surface area contributed by atoms with Crippen LogP contribution in [0.15, 0.2) is 18.2 Å². The van der Waals surface area contributed by atoms with Crippen LogP contribution in [0.1, 0.15) is 81.9 Å². The van der Waals surface area contributed by atoms with E-state index in [0.29, 0.717) is 28.7 Å². The van der Waals surface area contributed by atoms with Gasteiger partial charge in [-0.25, -0.2) is 4.98 Å². The smallest absolute Gasteiger partial charge is 0.307 e. The molecular formula is C28H40ClN5O4. The Morgan fingerprint density at radius 1 is 1.18 bits per heavy atom. The number of esters is 1. The SMILES string of the molecule is CCCCCCC(Oc1ccc(C)cc1C)C(=O)NCCC(=O)OCC(C)(C)c1nc2c(Cl)c(C)[nH]n2n1. The Morgan fingerprint density at radius 2 is 1.95 bits per heavy atom. The third-order valence-electron chi connectivity index (χ3n) is 6.45. The van der Waals surface area contributed by atoms with Gasteiger partial charge in [0.25, 0.3) is 5.91 Å². The molecule has 0 saturated carbocycles. The van der Waals surface area contributed by atoms with E-state index in [1.807, 2.05) is 52.8 Å². The van der Waals surface area contributed by atoms with E-state index in [0.717, 1.165) is 42.5 Å². The van der Waals surface area contributed by atoms with Crippen LogP contribution in [-0.4, -0.2) is 50.9 Å². The number of hydrogen-bond donors (Lipinski definition) is 2. The highest BCUT2D eigenvalue weighted by molar-refractivity contribution is 6.34. The Hall–Kier alpha value is -3.07. The third kappa shape index (κ3) is 7.72. The number of benzene rings is 1. The summed E-state index contributed by atoms with van der Waals surface area (Å²) in [5.41, 5.74) is 2.83. The molecule has 0 saturated heterocycles. The van der Waals surface area contributed by atoms with E-state index in [1.165, 1.54) is 4.63 Å². The summed E-state index contributed by atoms with van der Waals surface area (Å²) in [6.45, 7) is 12.0. The predicted octanol–water partition coefficient (Wildman–Crippen LogP) is 5.38. The van der Waals surface area contributed by atoms with Crippen molar-refractivity contribution in [1.29, 1.82) is 0 Å². The number of nitrogens with zero attached hydrogens (tertiary/aromatic N) is 3. The van der Waals surface area contributed by atoms with Crippen LogP contribution in [0.5, 0.6) is 5.75 Å². The van der Waals surface area contributed by atoms with Gasteiger partial charge < -0.3 is 14.8 Å². The topological polar surface area (TPSA) is 111 Å². The van der Waals surface area contributed by atoms with Gasteiger partial charge in [0.2, 0.25) is 0 Å². The fraction of sp³-hybridized carbons (Fsp3) is 0.571. The molecule has 0 bridgehead atoms. The standard InChI is InChI=1S/C28H40ClN5O4/c1-7-8-9-10-11-22(38-21-13-12-18(2)16-19(21)3)26(36)30-15-14-23(35)37-17-28(5,6)27-31-25-24(29)20(4)32-34(25)33-27/h12-13,16,22,32H,7-11,14-15,17H2,1-6H3,(H,30,36). The summed E-state index contributed by atoms with van der Waals surface area (Å²) < 4.78 is 13.1. The first-order chi connectivity index (χ1) is 18.0. The zero-order valence-corrected chi connectivity index (χ0v) is 24.1. The molecule has 2 heterocycles. The van der Waals surface area contributed by atoms with E-state index in [1.54, 1.807) is 0 Å². The average molecular weight is 546 g/mol. The first-order valence-electron chi connectivity index (χ1n) is 13.3. The van der Waals surface area contributed by atoms with Crippen molar-refractivity contribution in [3.63, 3.8) is 0 Å². The maximum atomic E-state index is 13.0. The van der Waals surface area contributed by atoms with Gasteiger partial charge in [-0.3, -0.25) is 14.7 Å². The van der Waals surface area contributed by atoms with Crippen LogP contribution in [0.2, 0.25) is 5.02 Å². The molecule has 1 atom stereocenters.